The zero-order valence-corrected chi connectivity index (χ0v) is 9.41. The van der Waals surface area contributed by atoms with Gasteiger partial charge in [-0.1, -0.05) is 6.07 Å². The number of methoxy groups -OCH3 is 2. The van der Waals surface area contributed by atoms with E-state index < -0.39 is 0 Å². The minimum absolute atomic E-state index is 0.176. The number of nitrogens with zero attached hydrogens (tertiary/aromatic N) is 4. The molecule has 0 radical (unpaired) electrons. The summed E-state index contributed by atoms with van der Waals surface area (Å²) < 4.78 is 9.86. The Labute approximate surface area is 97.9 Å². The molecule has 0 amide bonds. The molecule has 0 bridgehead atoms. The highest BCUT2D eigenvalue weighted by Crippen LogP contribution is 2.15. The summed E-state index contributed by atoms with van der Waals surface area (Å²) in [6.07, 6.45) is 1.66. The lowest BCUT2D eigenvalue weighted by atomic mass is 10.5. The van der Waals surface area contributed by atoms with Crippen LogP contribution in [0.4, 0.5) is 11.8 Å². The Balaban J connectivity index is 2.26. The van der Waals surface area contributed by atoms with E-state index in [1.165, 1.54) is 14.2 Å². The summed E-state index contributed by atoms with van der Waals surface area (Å²) >= 11 is 0. The number of anilines is 2. The molecular formula is C10H11N5O2. The molecule has 0 aromatic carbocycles. The predicted molar refractivity (Wildman–Crippen MR) is 60.5 cm³/mol. The van der Waals surface area contributed by atoms with Gasteiger partial charge in [0.15, 0.2) is 0 Å². The van der Waals surface area contributed by atoms with Crippen LogP contribution in [0.25, 0.3) is 0 Å². The maximum absolute atomic E-state index is 4.93. The lowest BCUT2D eigenvalue weighted by molar-refractivity contribution is 0.341. The number of rotatable bonds is 4. The zero-order valence-electron chi connectivity index (χ0n) is 9.41. The quantitative estimate of drug-likeness (QED) is 0.844. The maximum atomic E-state index is 4.93. The van der Waals surface area contributed by atoms with Gasteiger partial charge in [0, 0.05) is 6.20 Å². The average Bonchev–Trinajstić information content (AvgIpc) is 2.39. The molecule has 0 aliphatic carbocycles. The standard InChI is InChI=1S/C10H11N5O2/c1-16-9-13-8(14-10(15-9)17-2)12-7-5-3-4-6-11-7/h3-6H,1-2H3,(H,11,12,13,14,15). The summed E-state index contributed by atoms with van der Waals surface area (Å²) in [5, 5.41) is 2.92. The zero-order chi connectivity index (χ0) is 12.1. The molecule has 0 aliphatic rings. The number of nitrogens with one attached hydrogen (secondary N) is 1. The highest BCUT2D eigenvalue weighted by atomic mass is 16.5. The van der Waals surface area contributed by atoms with Gasteiger partial charge in [0.05, 0.1) is 14.2 Å². The molecule has 0 unspecified atom stereocenters. The largest absolute Gasteiger partial charge is 0.467 e. The number of hydrogen-bond donors (Lipinski definition) is 1. The molecule has 0 atom stereocenters. The molecule has 2 aromatic heterocycles. The molecule has 7 heteroatoms. The van der Waals surface area contributed by atoms with E-state index in [0.29, 0.717) is 11.8 Å². The number of hydrogen-bond acceptors (Lipinski definition) is 7. The smallest absolute Gasteiger partial charge is 0.324 e. The normalized spacial score (nSPS) is 9.76. The van der Waals surface area contributed by atoms with Gasteiger partial charge in [0.25, 0.3) is 0 Å². The van der Waals surface area contributed by atoms with Crippen molar-refractivity contribution in [3.05, 3.63) is 24.4 Å². The lowest BCUT2D eigenvalue weighted by Crippen LogP contribution is -2.04. The Bertz CT molecular complexity index is 469. The third-order valence-electron chi connectivity index (χ3n) is 1.86. The van der Waals surface area contributed by atoms with E-state index in [4.69, 9.17) is 9.47 Å². The fraction of sp³-hybridized carbons (Fsp3) is 0.200. The van der Waals surface area contributed by atoms with Crippen LogP contribution in [-0.4, -0.2) is 34.2 Å². The second kappa shape index (κ2) is 5.06. The highest BCUT2D eigenvalue weighted by Gasteiger charge is 2.07. The van der Waals surface area contributed by atoms with Crippen LogP contribution in [0.1, 0.15) is 0 Å². The van der Waals surface area contributed by atoms with Crippen molar-refractivity contribution in [3.63, 3.8) is 0 Å². The van der Waals surface area contributed by atoms with Crippen LogP contribution in [0.5, 0.6) is 12.0 Å². The van der Waals surface area contributed by atoms with Gasteiger partial charge < -0.3 is 14.8 Å². The van der Waals surface area contributed by atoms with E-state index in [1.54, 1.807) is 12.3 Å². The first-order valence-corrected chi connectivity index (χ1v) is 4.84. The van der Waals surface area contributed by atoms with Crippen molar-refractivity contribution in [2.45, 2.75) is 0 Å². The van der Waals surface area contributed by atoms with Crippen LogP contribution in [0.3, 0.4) is 0 Å². The van der Waals surface area contributed by atoms with Gasteiger partial charge in [-0.05, 0) is 12.1 Å². The average molecular weight is 233 g/mol. The van der Waals surface area contributed by atoms with Gasteiger partial charge in [-0.2, -0.15) is 9.97 Å². The molecule has 0 saturated heterocycles. The topological polar surface area (TPSA) is 82.0 Å². The van der Waals surface area contributed by atoms with E-state index in [1.807, 2.05) is 12.1 Å². The van der Waals surface area contributed by atoms with Crippen molar-refractivity contribution < 1.29 is 9.47 Å². The summed E-state index contributed by atoms with van der Waals surface area (Å²) in [6, 6.07) is 5.82. The summed E-state index contributed by atoms with van der Waals surface area (Å²) in [7, 11) is 2.94. The van der Waals surface area contributed by atoms with Gasteiger partial charge in [0.1, 0.15) is 5.82 Å². The summed E-state index contributed by atoms with van der Waals surface area (Å²) in [5.74, 6) is 0.940. The summed E-state index contributed by atoms with van der Waals surface area (Å²) in [6.45, 7) is 0. The van der Waals surface area contributed by atoms with Crippen LogP contribution in [-0.2, 0) is 0 Å². The highest BCUT2D eigenvalue weighted by molar-refractivity contribution is 5.47. The van der Waals surface area contributed by atoms with Crippen LogP contribution >= 0.6 is 0 Å². The Morgan fingerprint density at radius 1 is 1.00 bits per heavy atom. The van der Waals surface area contributed by atoms with E-state index in [2.05, 4.69) is 25.3 Å². The van der Waals surface area contributed by atoms with Gasteiger partial charge in [-0.3, -0.25) is 0 Å². The number of ether oxygens (including phenoxy) is 2. The molecule has 0 spiro atoms. The predicted octanol–water partition coefficient (Wildman–Crippen LogP) is 1.03. The summed E-state index contributed by atoms with van der Waals surface area (Å²) in [4.78, 5) is 16.0. The van der Waals surface area contributed by atoms with Crippen molar-refractivity contribution in [3.8, 4) is 12.0 Å². The van der Waals surface area contributed by atoms with E-state index in [-0.39, 0.29) is 12.0 Å². The molecular weight excluding hydrogens is 222 g/mol. The molecule has 7 nitrogen and oxygen atoms in total. The van der Waals surface area contributed by atoms with Crippen molar-refractivity contribution >= 4 is 11.8 Å². The van der Waals surface area contributed by atoms with Crippen molar-refractivity contribution in [2.75, 3.05) is 19.5 Å². The lowest BCUT2D eigenvalue weighted by Gasteiger charge is -2.06. The van der Waals surface area contributed by atoms with Crippen LogP contribution < -0.4 is 14.8 Å². The molecule has 17 heavy (non-hydrogen) atoms. The third-order valence-corrected chi connectivity index (χ3v) is 1.86. The maximum Gasteiger partial charge on any atom is 0.324 e. The number of pyridine rings is 1. The van der Waals surface area contributed by atoms with Gasteiger partial charge >= 0.3 is 12.0 Å². The van der Waals surface area contributed by atoms with E-state index in [9.17, 15) is 0 Å². The van der Waals surface area contributed by atoms with E-state index in [0.717, 1.165) is 0 Å². The Kier molecular flexibility index (Phi) is 3.29. The SMILES string of the molecule is COc1nc(Nc2ccccn2)nc(OC)n1. The third kappa shape index (κ3) is 2.77. The van der Waals surface area contributed by atoms with Crippen molar-refractivity contribution in [1.82, 2.24) is 19.9 Å². The second-order valence-electron chi connectivity index (χ2n) is 2.97. The molecule has 1 N–H and O–H groups in total. The Morgan fingerprint density at radius 2 is 1.71 bits per heavy atom. The fourth-order valence-corrected chi connectivity index (χ4v) is 1.13. The minimum atomic E-state index is 0.176. The van der Waals surface area contributed by atoms with Crippen molar-refractivity contribution in [2.24, 2.45) is 0 Å². The van der Waals surface area contributed by atoms with Gasteiger partial charge in [-0.15, -0.1) is 4.98 Å². The van der Waals surface area contributed by atoms with Gasteiger partial charge in [0.2, 0.25) is 5.95 Å². The molecule has 2 rings (SSSR count). The van der Waals surface area contributed by atoms with Crippen molar-refractivity contribution in [1.29, 1.82) is 0 Å². The molecule has 2 heterocycles. The summed E-state index contributed by atoms with van der Waals surface area (Å²) in [5.41, 5.74) is 0. The fourth-order valence-electron chi connectivity index (χ4n) is 1.13. The molecule has 88 valence electrons. The van der Waals surface area contributed by atoms with E-state index >= 15 is 0 Å². The van der Waals surface area contributed by atoms with Crippen LogP contribution in [0.15, 0.2) is 24.4 Å². The van der Waals surface area contributed by atoms with Gasteiger partial charge in [-0.25, -0.2) is 4.98 Å². The minimum Gasteiger partial charge on any atom is -0.467 e. The first-order valence-electron chi connectivity index (χ1n) is 4.84. The molecule has 0 aliphatic heterocycles. The first kappa shape index (κ1) is 11.1. The van der Waals surface area contributed by atoms with Crippen LogP contribution in [0.2, 0.25) is 0 Å². The Morgan fingerprint density at radius 3 is 2.24 bits per heavy atom. The van der Waals surface area contributed by atoms with Crippen LogP contribution in [0, 0.1) is 0 Å². The number of aromatic nitrogens is 4. The Hall–Kier alpha value is -2.44. The molecule has 0 saturated carbocycles. The first-order chi connectivity index (χ1) is 8.31. The monoisotopic (exact) mass is 233 g/mol. The second-order valence-corrected chi connectivity index (χ2v) is 2.97. The molecule has 0 fully saturated rings. The molecule has 2 aromatic rings.